The SMILES string of the molecule is CCC[C@@H](O)[C@@H](N)c1ccc(OC)cc1F.Cl. The second kappa shape index (κ2) is 7.48. The third kappa shape index (κ3) is 4.15. The summed E-state index contributed by atoms with van der Waals surface area (Å²) in [5, 5.41) is 9.70. The van der Waals surface area contributed by atoms with E-state index in [4.69, 9.17) is 10.5 Å². The summed E-state index contributed by atoms with van der Waals surface area (Å²) in [7, 11) is 1.47. The van der Waals surface area contributed by atoms with E-state index in [2.05, 4.69) is 0 Å². The molecule has 0 saturated heterocycles. The minimum atomic E-state index is -0.715. The van der Waals surface area contributed by atoms with Gasteiger partial charge in [0.2, 0.25) is 0 Å². The molecule has 0 amide bonds. The Morgan fingerprint density at radius 2 is 2.12 bits per heavy atom. The van der Waals surface area contributed by atoms with Crippen LogP contribution in [0, 0.1) is 5.82 Å². The van der Waals surface area contributed by atoms with Crippen LogP contribution in [-0.4, -0.2) is 18.3 Å². The number of aliphatic hydroxyl groups excluding tert-OH is 1. The average molecular weight is 264 g/mol. The standard InChI is InChI=1S/C12H18FNO2.ClH/c1-3-4-11(15)12(14)9-6-5-8(16-2)7-10(9)13;/h5-7,11-12,15H,3-4,14H2,1-2H3;1H/t11-,12+;/m1./s1. The van der Waals surface area contributed by atoms with Crippen LogP contribution in [-0.2, 0) is 0 Å². The normalized spacial score (nSPS) is 13.7. The molecular weight excluding hydrogens is 245 g/mol. The van der Waals surface area contributed by atoms with Gasteiger partial charge in [-0.15, -0.1) is 12.4 Å². The molecule has 2 atom stereocenters. The zero-order chi connectivity index (χ0) is 12.1. The maximum Gasteiger partial charge on any atom is 0.131 e. The van der Waals surface area contributed by atoms with Crippen LogP contribution in [0.3, 0.4) is 0 Å². The van der Waals surface area contributed by atoms with Crippen molar-refractivity contribution in [2.75, 3.05) is 7.11 Å². The predicted octanol–water partition coefficient (Wildman–Crippen LogP) is 2.42. The topological polar surface area (TPSA) is 55.5 Å². The first kappa shape index (κ1) is 16.2. The fourth-order valence-corrected chi connectivity index (χ4v) is 1.59. The van der Waals surface area contributed by atoms with Crippen molar-refractivity contribution in [3.8, 4) is 5.75 Å². The van der Waals surface area contributed by atoms with E-state index >= 15 is 0 Å². The molecule has 3 N–H and O–H groups in total. The molecule has 0 spiro atoms. The van der Waals surface area contributed by atoms with Gasteiger partial charge in [-0.3, -0.25) is 0 Å². The van der Waals surface area contributed by atoms with E-state index in [0.29, 0.717) is 17.7 Å². The zero-order valence-corrected chi connectivity index (χ0v) is 10.8. The Kier molecular flexibility index (Phi) is 7.11. The number of hydrogen-bond acceptors (Lipinski definition) is 3. The predicted molar refractivity (Wildman–Crippen MR) is 68.0 cm³/mol. The molecule has 0 saturated carbocycles. The van der Waals surface area contributed by atoms with E-state index in [1.807, 2.05) is 6.92 Å². The first-order valence-electron chi connectivity index (χ1n) is 5.37. The summed E-state index contributed by atoms with van der Waals surface area (Å²) in [5.41, 5.74) is 6.11. The Bertz CT molecular complexity index is 349. The Labute approximate surface area is 107 Å². The lowest BCUT2D eigenvalue weighted by Gasteiger charge is -2.19. The van der Waals surface area contributed by atoms with Crippen molar-refractivity contribution in [3.05, 3.63) is 29.6 Å². The van der Waals surface area contributed by atoms with Gasteiger partial charge in [0.15, 0.2) is 0 Å². The van der Waals surface area contributed by atoms with Gasteiger partial charge in [0.05, 0.1) is 19.3 Å². The second-order valence-electron chi connectivity index (χ2n) is 3.77. The minimum Gasteiger partial charge on any atom is -0.497 e. The number of nitrogens with two attached hydrogens (primary N) is 1. The van der Waals surface area contributed by atoms with Crippen molar-refractivity contribution in [3.63, 3.8) is 0 Å². The van der Waals surface area contributed by atoms with Crippen LogP contribution in [0.2, 0.25) is 0 Å². The third-order valence-electron chi connectivity index (χ3n) is 2.57. The maximum absolute atomic E-state index is 13.6. The fourth-order valence-electron chi connectivity index (χ4n) is 1.59. The van der Waals surface area contributed by atoms with Gasteiger partial charge >= 0.3 is 0 Å². The molecule has 3 nitrogen and oxygen atoms in total. The summed E-state index contributed by atoms with van der Waals surface area (Å²) >= 11 is 0. The smallest absolute Gasteiger partial charge is 0.131 e. The highest BCUT2D eigenvalue weighted by atomic mass is 35.5. The van der Waals surface area contributed by atoms with Crippen LogP contribution in [0.4, 0.5) is 4.39 Å². The quantitative estimate of drug-likeness (QED) is 0.858. The van der Waals surface area contributed by atoms with Crippen molar-refractivity contribution in [2.24, 2.45) is 5.73 Å². The molecule has 5 heteroatoms. The fraction of sp³-hybridized carbons (Fsp3) is 0.500. The van der Waals surface area contributed by atoms with E-state index < -0.39 is 18.0 Å². The van der Waals surface area contributed by atoms with Gasteiger partial charge in [-0.1, -0.05) is 19.4 Å². The number of aliphatic hydroxyl groups is 1. The third-order valence-corrected chi connectivity index (χ3v) is 2.57. The molecule has 1 aromatic rings. The molecule has 1 rings (SSSR count). The lowest BCUT2D eigenvalue weighted by molar-refractivity contribution is 0.133. The van der Waals surface area contributed by atoms with Crippen molar-refractivity contribution in [2.45, 2.75) is 31.9 Å². The molecule has 0 heterocycles. The highest BCUT2D eigenvalue weighted by Crippen LogP contribution is 2.23. The number of rotatable bonds is 5. The molecular formula is C12H19ClFNO2. The Balaban J connectivity index is 0.00000256. The summed E-state index contributed by atoms with van der Waals surface area (Å²) in [6.07, 6.45) is 0.659. The van der Waals surface area contributed by atoms with Crippen LogP contribution >= 0.6 is 12.4 Å². The van der Waals surface area contributed by atoms with Gasteiger partial charge in [0.1, 0.15) is 11.6 Å². The van der Waals surface area contributed by atoms with Crippen LogP contribution < -0.4 is 10.5 Å². The maximum atomic E-state index is 13.6. The van der Waals surface area contributed by atoms with Crippen molar-refractivity contribution in [1.82, 2.24) is 0 Å². The highest BCUT2D eigenvalue weighted by Gasteiger charge is 2.19. The highest BCUT2D eigenvalue weighted by molar-refractivity contribution is 5.85. The van der Waals surface area contributed by atoms with Gasteiger partial charge in [-0.25, -0.2) is 4.39 Å². The van der Waals surface area contributed by atoms with Crippen molar-refractivity contribution in [1.29, 1.82) is 0 Å². The van der Waals surface area contributed by atoms with Crippen LogP contribution in [0.1, 0.15) is 31.4 Å². The number of hydrogen-bond donors (Lipinski definition) is 2. The molecule has 17 heavy (non-hydrogen) atoms. The summed E-state index contributed by atoms with van der Waals surface area (Å²) in [4.78, 5) is 0. The van der Waals surface area contributed by atoms with Crippen LogP contribution in [0.25, 0.3) is 0 Å². The zero-order valence-electron chi connectivity index (χ0n) is 10.0. The van der Waals surface area contributed by atoms with E-state index in [-0.39, 0.29) is 12.4 Å². The molecule has 0 radical (unpaired) electrons. The summed E-state index contributed by atoms with van der Waals surface area (Å²) in [6, 6.07) is 3.77. The van der Waals surface area contributed by atoms with E-state index in [9.17, 15) is 9.50 Å². The lowest BCUT2D eigenvalue weighted by Crippen LogP contribution is -2.26. The van der Waals surface area contributed by atoms with Crippen molar-refractivity contribution < 1.29 is 14.2 Å². The van der Waals surface area contributed by atoms with Crippen LogP contribution in [0.5, 0.6) is 5.75 Å². The average Bonchev–Trinajstić information content (AvgIpc) is 2.28. The first-order chi connectivity index (χ1) is 7.60. The van der Waals surface area contributed by atoms with Gasteiger partial charge < -0.3 is 15.6 Å². The molecule has 0 fully saturated rings. The van der Waals surface area contributed by atoms with E-state index in [0.717, 1.165) is 6.42 Å². The van der Waals surface area contributed by atoms with Gasteiger partial charge in [-0.2, -0.15) is 0 Å². The number of methoxy groups -OCH3 is 1. The molecule has 0 unspecified atom stereocenters. The molecule has 0 bridgehead atoms. The molecule has 1 aromatic carbocycles. The second-order valence-corrected chi connectivity index (χ2v) is 3.77. The molecule has 0 aromatic heterocycles. The molecule has 0 aliphatic rings. The largest absolute Gasteiger partial charge is 0.497 e. The summed E-state index contributed by atoms with van der Waals surface area (Å²) in [5.74, 6) is 0.000402. The molecule has 98 valence electrons. The summed E-state index contributed by atoms with van der Waals surface area (Å²) < 4.78 is 18.5. The number of halogens is 2. The monoisotopic (exact) mass is 263 g/mol. The molecule has 0 aliphatic carbocycles. The first-order valence-corrected chi connectivity index (χ1v) is 5.37. The van der Waals surface area contributed by atoms with Gasteiger partial charge in [-0.05, 0) is 12.5 Å². The molecule has 0 aliphatic heterocycles. The minimum absolute atomic E-state index is 0. The summed E-state index contributed by atoms with van der Waals surface area (Å²) in [6.45, 7) is 1.94. The number of benzene rings is 1. The Morgan fingerprint density at radius 1 is 1.47 bits per heavy atom. The number of ether oxygens (including phenoxy) is 1. The van der Waals surface area contributed by atoms with Crippen LogP contribution in [0.15, 0.2) is 18.2 Å². The van der Waals surface area contributed by atoms with Gasteiger partial charge in [0.25, 0.3) is 0 Å². The van der Waals surface area contributed by atoms with Gasteiger partial charge in [0, 0.05) is 11.6 Å². The lowest BCUT2D eigenvalue weighted by atomic mass is 9.98. The Hall–Kier alpha value is -0.840. The Morgan fingerprint density at radius 3 is 2.59 bits per heavy atom. The van der Waals surface area contributed by atoms with E-state index in [1.165, 1.54) is 13.2 Å². The van der Waals surface area contributed by atoms with E-state index in [1.54, 1.807) is 12.1 Å². The van der Waals surface area contributed by atoms with Crippen molar-refractivity contribution >= 4 is 12.4 Å².